The molecule has 1 aromatic heterocycles. The third-order valence-corrected chi connectivity index (χ3v) is 4.42. The average Bonchev–Trinajstić information content (AvgIpc) is 2.66. The number of benzene rings is 2. The Morgan fingerprint density at radius 3 is 2.38 bits per heavy atom. The van der Waals surface area contributed by atoms with Crippen molar-refractivity contribution < 1.29 is 9.53 Å². The van der Waals surface area contributed by atoms with Gasteiger partial charge >= 0.3 is 0 Å². The molecule has 26 heavy (non-hydrogen) atoms. The van der Waals surface area contributed by atoms with E-state index in [4.69, 9.17) is 4.74 Å². The number of hydrogen-bond acceptors (Lipinski definition) is 4. The molecule has 3 aromatic rings. The molecule has 1 heterocycles. The summed E-state index contributed by atoms with van der Waals surface area (Å²) < 4.78 is 5.57. The van der Waals surface area contributed by atoms with Crippen molar-refractivity contribution in [2.24, 2.45) is 0 Å². The Bertz CT molecular complexity index is 907. The fourth-order valence-electron chi connectivity index (χ4n) is 2.67. The first kappa shape index (κ1) is 17.9. The van der Waals surface area contributed by atoms with Gasteiger partial charge in [-0.25, -0.2) is 9.97 Å². The van der Waals surface area contributed by atoms with Crippen molar-refractivity contribution in [1.82, 2.24) is 9.97 Å². The molecule has 5 nitrogen and oxygen atoms in total. The van der Waals surface area contributed by atoms with Gasteiger partial charge in [-0.3, -0.25) is 4.79 Å². The highest BCUT2D eigenvalue weighted by Gasteiger charge is 2.10. The van der Waals surface area contributed by atoms with Gasteiger partial charge in [0.05, 0.1) is 11.0 Å². The molecule has 134 valence electrons. The van der Waals surface area contributed by atoms with Gasteiger partial charge < -0.3 is 10.1 Å². The summed E-state index contributed by atoms with van der Waals surface area (Å²) in [6.45, 7) is 6.06. The lowest BCUT2D eigenvalue weighted by Crippen LogP contribution is -2.21. The van der Waals surface area contributed by atoms with Crippen LogP contribution in [0.5, 0.6) is 5.88 Å². The van der Waals surface area contributed by atoms with Crippen LogP contribution in [-0.4, -0.2) is 22.5 Å². The third kappa shape index (κ3) is 4.17. The van der Waals surface area contributed by atoms with Gasteiger partial charge in [-0.05, 0) is 49.1 Å². The quantitative estimate of drug-likeness (QED) is 0.713. The van der Waals surface area contributed by atoms with Crippen LogP contribution in [0.4, 0.5) is 5.69 Å². The standard InChI is InChI=1S/C21H23N3O2/c1-4-14(2)16-9-11-17(12-10-16)23-20(25)13-26-21-15(3)22-18-7-5-6-8-19(18)24-21/h5-12,14H,4,13H2,1-3H3,(H,23,25)/t14-/m1/s1. The maximum Gasteiger partial charge on any atom is 0.262 e. The fraction of sp³-hybridized carbons (Fsp3) is 0.286. The second-order valence-corrected chi connectivity index (χ2v) is 6.37. The van der Waals surface area contributed by atoms with Gasteiger partial charge in [0.15, 0.2) is 6.61 Å². The highest BCUT2D eigenvalue weighted by atomic mass is 16.5. The van der Waals surface area contributed by atoms with Gasteiger partial charge in [0.2, 0.25) is 5.88 Å². The molecule has 0 aliphatic rings. The summed E-state index contributed by atoms with van der Waals surface area (Å²) in [6.07, 6.45) is 1.09. The van der Waals surface area contributed by atoms with Crippen LogP contribution in [0.25, 0.3) is 11.0 Å². The van der Waals surface area contributed by atoms with Crippen LogP contribution < -0.4 is 10.1 Å². The van der Waals surface area contributed by atoms with Crippen LogP contribution in [0.2, 0.25) is 0 Å². The number of para-hydroxylation sites is 2. The zero-order valence-electron chi connectivity index (χ0n) is 15.3. The smallest absolute Gasteiger partial charge is 0.262 e. The van der Waals surface area contributed by atoms with E-state index in [9.17, 15) is 4.79 Å². The zero-order chi connectivity index (χ0) is 18.5. The molecule has 0 saturated carbocycles. The zero-order valence-corrected chi connectivity index (χ0v) is 15.3. The second kappa shape index (κ2) is 7.95. The molecule has 2 aromatic carbocycles. The number of fused-ring (bicyclic) bond motifs is 1. The van der Waals surface area contributed by atoms with Crippen molar-refractivity contribution in [2.45, 2.75) is 33.1 Å². The number of anilines is 1. The number of amides is 1. The molecular formula is C21H23N3O2. The topological polar surface area (TPSA) is 64.1 Å². The van der Waals surface area contributed by atoms with E-state index >= 15 is 0 Å². The van der Waals surface area contributed by atoms with E-state index < -0.39 is 0 Å². The van der Waals surface area contributed by atoms with Crippen molar-refractivity contribution in [1.29, 1.82) is 0 Å². The molecule has 1 N–H and O–H groups in total. The number of hydrogen-bond donors (Lipinski definition) is 1. The summed E-state index contributed by atoms with van der Waals surface area (Å²) in [6, 6.07) is 15.5. The van der Waals surface area contributed by atoms with Crippen molar-refractivity contribution in [3.8, 4) is 5.88 Å². The van der Waals surface area contributed by atoms with E-state index in [0.717, 1.165) is 23.1 Å². The SMILES string of the molecule is CC[C@@H](C)c1ccc(NC(=O)COc2nc3ccccc3nc2C)cc1. The van der Waals surface area contributed by atoms with E-state index in [0.29, 0.717) is 17.5 Å². The average molecular weight is 349 g/mol. The number of aryl methyl sites for hydroxylation is 1. The summed E-state index contributed by atoms with van der Waals surface area (Å²) in [7, 11) is 0. The van der Waals surface area contributed by atoms with Crippen LogP contribution >= 0.6 is 0 Å². The lowest BCUT2D eigenvalue weighted by molar-refractivity contribution is -0.118. The minimum absolute atomic E-state index is 0.110. The molecule has 0 unspecified atom stereocenters. The van der Waals surface area contributed by atoms with Gasteiger partial charge in [-0.15, -0.1) is 0 Å². The molecule has 1 amide bonds. The molecule has 0 aliphatic heterocycles. The number of carbonyl (C=O) groups is 1. The van der Waals surface area contributed by atoms with Crippen molar-refractivity contribution in [3.05, 3.63) is 59.8 Å². The third-order valence-electron chi connectivity index (χ3n) is 4.42. The van der Waals surface area contributed by atoms with E-state index in [1.54, 1.807) is 0 Å². The number of aromatic nitrogens is 2. The van der Waals surface area contributed by atoms with Crippen LogP contribution in [-0.2, 0) is 4.79 Å². The number of nitrogens with zero attached hydrogens (tertiary/aromatic N) is 2. The van der Waals surface area contributed by atoms with Crippen LogP contribution in [0.3, 0.4) is 0 Å². The first-order valence-electron chi connectivity index (χ1n) is 8.83. The highest BCUT2D eigenvalue weighted by Crippen LogP contribution is 2.21. The molecule has 5 heteroatoms. The predicted octanol–water partition coefficient (Wildman–Crippen LogP) is 4.47. The van der Waals surface area contributed by atoms with Crippen LogP contribution in [0.1, 0.15) is 37.4 Å². The Labute approximate surface area is 153 Å². The van der Waals surface area contributed by atoms with Gasteiger partial charge in [0.25, 0.3) is 5.91 Å². The lowest BCUT2D eigenvalue weighted by atomic mass is 9.99. The normalized spacial score (nSPS) is 12.0. The minimum atomic E-state index is -0.226. The monoisotopic (exact) mass is 349 g/mol. The van der Waals surface area contributed by atoms with E-state index in [2.05, 4.69) is 29.1 Å². The van der Waals surface area contributed by atoms with E-state index in [1.807, 2.05) is 55.5 Å². The number of rotatable bonds is 6. The summed E-state index contributed by atoms with van der Waals surface area (Å²) in [4.78, 5) is 21.0. The molecular weight excluding hydrogens is 326 g/mol. The van der Waals surface area contributed by atoms with E-state index in [-0.39, 0.29) is 12.5 Å². The Morgan fingerprint density at radius 2 is 1.73 bits per heavy atom. The fourth-order valence-corrected chi connectivity index (χ4v) is 2.67. The molecule has 0 spiro atoms. The Kier molecular flexibility index (Phi) is 5.46. The Morgan fingerprint density at radius 1 is 1.08 bits per heavy atom. The van der Waals surface area contributed by atoms with Crippen LogP contribution in [0, 0.1) is 6.92 Å². The first-order chi connectivity index (χ1) is 12.6. The Hall–Kier alpha value is -2.95. The predicted molar refractivity (Wildman–Crippen MR) is 104 cm³/mol. The molecule has 0 bridgehead atoms. The number of nitrogens with one attached hydrogen (secondary N) is 1. The van der Waals surface area contributed by atoms with E-state index in [1.165, 1.54) is 5.56 Å². The number of ether oxygens (including phenoxy) is 1. The largest absolute Gasteiger partial charge is 0.466 e. The first-order valence-corrected chi connectivity index (χ1v) is 8.83. The minimum Gasteiger partial charge on any atom is -0.466 e. The summed E-state index contributed by atoms with van der Waals surface area (Å²) in [5.74, 6) is 0.666. The lowest BCUT2D eigenvalue weighted by Gasteiger charge is -2.11. The maximum absolute atomic E-state index is 12.2. The molecule has 0 aliphatic carbocycles. The molecule has 3 rings (SSSR count). The van der Waals surface area contributed by atoms with Crippen molar-refractivity contribution in [2.75, 3.05) is 11.9 Å². The second-order valence-electron chi connectivity index (χ2n) is 6.37. The number of carbonyl (C=O) groups excluding carboxylic acids is 1. The van der Waals surface area contributed by atoms with Gasteiger partial charge in [0, 0.05) is 5.69 Å². The van der Waals surface area contributed by atoms with Gasteiger partial charge in [0.1, 0.15) is 5.69 Å². The highest BCUT2D eigenvalue weighted by molar-refractivity contribution is 5.91. The molecule has 0 fully saturated rings. The summed E-state index contributed by atoms with van der Waals surface area (Å²) in [5, 5.41) is 2.84. The van der Waals surface area contributed by atoms with Gasteiger partial charge in [-0.1, -0.05) is 38.1 Å². The van der Waals surface area contributed by atoms with Crippen LogP contribution in [0.15, 0.2) is 48.5 Å². The maximum atomic E-state index is 12.2. The molecule has 1 atom stereocenters. The summed E-state index contributed by atoms with van der Waals surface area (Å²) >= 11 is 0. The van der Waals surface area contributed by atoms with Crippen molar-refractivity contribution in [3.63, 3.8) is 0 Å². The Balaban J connectivity index is 1.61. The molecule has 0 saturated heterocycles. The van der Waals surface area contributed by atoms with Gasteiger partial charge in [-0.2, -0.15) is 0 Å². The van der Waals surface area contributed by atoms with Crippen molar-refractivity contribution >= 4 is 22.6 Å². The summed E-state index contributed by atoms with van der Waals surface area (Å²) in [5.41, 5.74) is 4.24. The molecule has 0 radical (unpaired) electrons.